The second-order valence-corrected chi connectivity index (χ2v) is 5.85. The zero-order valence-corrected chi connectivity index (χ0v) is 14.8. The molecule has 3 N–H and O–H groups in total. The van der Waals surface area contributed by atoms with Crippen molar-refractivity contribution in [1.82, 2.24) is 15.5 Å². The van der Waals surface area contributed by atoms with Crippen molar-refractivity contribution >= 4 is 30.3 Å². The molecule has 2 rings (SSSR count). The fourth-order valence-electron chi connectivity index (χ4n) is 2.79. The van der Waals surface area contributed by atoms with E-state index in [-0.39, 0.29) is 18.8 Å². The number of hydrogen-bond acceptors (Lipinski definition) is 4. The van der Waals surface area contributed by atoms with Gasteiger partial charge >= 0.3 is 12.0 Å². The number of hydrogen-bond donors (Lipinski definition) is 3. The zero-order valence-electron chi connectivity index (χ0n) is 13.9. The van der Waals surface area contributed by atoms with Gasteiger partial charge in [-0.2, -0.15) is 0 Å². The van der Waals surface area contributed by atoms with Crippen LogP contribution in [0.4, 0.5) is 4.79 Å². The minimum absolute atomic E-state index is 0. The SMILES string of the molecule is Cl.O=C(CCN1CCCCC1C(=O)O)NC(=O)NCc1ccccc1. The standard InChI is InChI=1S/C17H23N3O4.ClH/c21-15(9-11-20-10-5-4-8-14(20)16(22)23)19-17(24)18-12-13-6-2-1-3-7-13;/h1-3,6-7,14H,4-5,8-12H2,(H,22,23)(H2,18,19,21,24);1H. The monoisotopic (exact) mass is 369 g/mol. The Morgan fingerprint density at radius 2 is 1.88 bits per heavy atom. The molecule has 138 valence electrons. The number of urea groups is 1. The van der Waals surface area contributed by atoms with Gasteiger partial charge in [0.1, 0.15) is 6.04 Å². The van der Waals surface area contributed by atoms with Gasteiger partial charge in [-0.1, -0.05) is 36.8 Å². The summed E-state index contributed by atoms with van der Waals surface area (Å²) in [5.41, 5.74) is 0.942. The van der Waals surface area contributed by atoms with Gasteiger partial charge in [0, 0.05) is 19.5 Å². The summed E-state index contributed by atoms with van der Waals surface area (Å²) < 4.78 is 0. The van der Waals surface area contributed by atoms with Crippen molar-refractivity contribution < 1.29 is 19.5 Å². The van der Waals surface area contributed by atoms with Crippen molar-refractivity contribution in [2.75, 3.05) is 13.1 Å². The van der Waals surface area contributed by atoms with Crippen molar-refractivity contribution in [3.8, 4) is 0 Å². The molecule has 0 radical (unpaired) electrons. The third-order valence-electron chi connectivity index (χ3n) is 4.07. The first-order chi connectivity index (χ1) is 11.6. The lowest BCUT2D eigenvalue weighted by molar-refractivity contribution is -0.145. The molecule has 3 amide bonds. The highest BCUT2D eigenvalue weighted by Crippen LogP contribution is 2.17. The number of imide groups is 1. The minimum Gasteiger partial charge on any atom is -0.480 e. The van der Waals surface area contributed by atoms with Crippen molar-refractivity contribution in [2.24, 2.45) is 0 Å². The molecule has 0 bridgehead atoms. The first-order valence-corrected chi connectivity index (χ1v) is 8.14. The molecule has 0 saturated carbocycles. The number of carboxylic acids is 1. The van der Waals surface area contributed by atoms with E-state index in [9.17, 15) is 19.5 Å². The van der Waals surface area contributed by atoms with Gasteiger partial charge in [-0.15, -0.1) is 12.4 Å². The number of nitrogens with one attached hydrogen (secondary N) is 2. The summed E-state index contributed by atoms with van der Waals surface area (Å²) in [4.78, 5) is 36.5. The van der Waals surface area contributed by atoms with Gasteiger partial charge < -0.3 is 10.4 Å². The van der Waals surface area contributed by atoms with E-state index < -0.39 is 23.9 Å². The lowest BCUT2D eigenvalue weighted by atomic mass is 10.0. The maximum atomic E-state index is 11.8. The molecule has 1 aromatic carbocycles. The lowest BCUT2D eigenvalue weighted by Gasteiger charge is -2.32. The van der Waals surface area contributed by atoms with Crippen LogP contribution in [0.3, 0.4) is 0 Å². The van der Waals surface area contributed by atoms with E-state index >= 15 is 0 Å². The van der Waals surface area contributed by atoms with Gasteiger partial charge in [0.2, 0.25) is 5.91 Å². The van der Waals surface area contributed by atoms with Gasteiger partial charge in [-0.25, -0.2) is 4.79 Å². The normalized spacial score (nSPS) is 17.2. The maximum absolute atomic E-state index is 11.8. The largest absolute Gasteiger partial charge is 0.480 e. The molecule has 1 aliphatic heterocycles. The van der Waals surface area contributed by atoms with Crippen LogP contribution in [-0.4, -0.2) is 47.0 Å². The number of carbonyl (C=O) groups is 3. The Kier molecular flexibility index (Phi) is 8.94. The zero-order chi connectivity index (χ0) is 17.4. The van der Waals surface area contributed by atoms with Gasteiger partial charge in [-0.05, 0) is 24.9 Å². The highest BCUT2D eigenvalue weighted by molar-refractivity contribution is 5.94. The van der Waals surface area contributed by atoms with Crippen LogP contribution in [0.2, 0.25) is 0 Å². The van der Waals surface area contributed by atoms with E-state index in [0.717, 1.165) is 18.4 Å². The van der Waals surface area contributed by atoms with Crippen LogP contribution < -0.4 is 10.6 Å². The number of rotatable bonds is 6. The Morgan fingerprint density at radius 1 is 1.16 bits per heavy atom. The summed E-state index contributed by atoms with van der Waals surface area (Å²) in [7, 11) is 0. The highest BCUT2D eigenvalue weighted by atomic mass is 35.5. The molecule has 0 aliphatic carbocycles. The van der Waals surface area contributed by atoms with Gasteiger partial charge in [0.15, 0.2) is 0 Å². The van der Waals surface area contributed by atoms with Crippen molar-refractivity contribution in [1.29, 1.82) is 0 Å². The Balaban J connectivity index is 0.00000312. The maximum Gasteiger partial charge on any atom is 0.321 e. The molecule has 1 atom stereocenters. The lowest BCUT2D eigenvalue weighted by Crippen LogP contribution is -2.46. The molecule has 1 unspecified atom stereocenters. The Morgan fingerprint density at radius 3 is 2.56 bits per heavy atom. The first kappa shape index (κ1) is 20.9. The molecule has 1 saturated heterocycles. The van der Waals surface area contributed by atoms with Crippen molar-refractivity contribution in [3.63, 3.8) is 0 Å². The number of aliphatic carboxylic acids is 1. The van der Waals surface area contributed by atoms with Crippen LogP contribution in [0, 0.1) is 0 Å². The summed E-state index contributed by atoms with van der Waals surface area (Å²) in [6.45, 7) is 1.35. The molecule has 0 aromatic heterocycles. The van der Waals surface area contributed by atoms with E-state index in [0.29, 0.717) is 26.1 Å². The summed E-state index contributed by atoms with van der Waals surface area (Å²) >= 11 is 0. The average molecular weight is 370 g/mol. The Hall–Kier alpha value is -2.12. The van der Waals surface area contributed by atoms with Crippen LogP contribution in [0.1, 0.15) is 31.2 Å². The molecular weight excluding hydrogens is 346 g/mol. The third kappa shape index (κ3) is 7.11. The van der Waals surface area contributed by atoms with Crippen LogP contribution in [0.5, 0.6) is 0 Å². The van der Waals surface area contributed by atoms with Crippen molar-refractivity contribution in [3.05, 3.63) is 35.9 Å². The molecule has 7 nitrogen and oxygen atoms in total. The highest BCUT2D eigenvalue weighted by Gasteiger charge is 2.28. The predicted octanol–water partition coefficient (Wildman–Crippen LogP) is 1.76. The molecule has 1 aliphatic rings. The molecule has 8 heteroatoms. The van der Waals surface area contributed by atoms with Gasteiger partial charge in [0.25, 0.3) is 0 Å². The number of nitrogens with zero attached hydrogens (tertiary/aromatic N) is 1. The van der Waals surface area contributed by atoms with Crippen LogP contribution in [0.25, 0.3) is 0 Å². The molecular formula is C17H24ClN3O4. The fourth-order valence-corrected chi connectivity index (χ4v) is 2.79. The number of piperidine rings is 1. The first-order valence-electron chi connectivity index (χ1n) is 8.14. The number of carbonyl (C=O) groups excluding carboxylic acids is 2. The molecule has 1 aromatic rings. The number of halogens is 1. The summed E-state index contributed by atoms with van der Waals surface area (Å²) in [5.74, 6) is -1.26. The van der Waals surface area contributed by atoms with E-state index in [2.05, 4.69) is 10.6 Å². The summed E-state index contributed by atoms with van der Waals surface area (Å²) in [6, 6.07) is 8.32. The van der Waals surface area contributed by atoms with E-state index in [1.165, 1.54) is 0 Å². The summed E-state index contributed by atoms with van der Waals surface area (Å²) in [5, 5.41) is 14.1. The van der Waals surface area contributed by atoms with E-state index in [1.807, 2.05) is 30.3 Å². The molecule has 0 spiro atoms. The third-order valence-corrected chi connectivity index (χ3v) is 4.07. The molecule has 1 heterocycles. The second kappa shape index (κ2) is 10.7. The Labute approximate surface area is 153 Å². The Bertz CT molecular complexity index is 583. The predicted molar refractivity (Wildman–Crippen MR) is 95.5 cm³/mol. The molecule has 1 fully saturated rings. The van der Waals surface area contributed by atoms with E-state index in [1.54, 1.807) is 4.90 Å². The number of carboxylic acid groups (broad SMARTS) is 1. The van der Waals surface area contributed by atoms with Gasteiger partial charge in [-0.3, -0.25) is 19.8 Å². The minimum atomic E-state index is -0.851. The quantitative estimate of drug-likeness (QED) is 0.709. The average Bonchev–Trinajstić information content (AvgIpc) is 2.59. The smallest absolute Gasteiger partial charge is 0.321 e. The number of likely N-dealkylation sites (tertiary alicyclic amines) is 1. The van der Waals surface area contributed by atoms with Crippen molar-refractivity contribution in [2.45, 2.75) is 38.3 Å². The topological polar surface area (TPSA) is 98.7 Å². The molecule has 25 heavy (non-hydrogen) atoms. The van der Waals surface area contributed by atoms with E-state index in [4.69, 9.17) is 0 Å². The number of benzene rings is 1. The second-order valence-electron chi connectivity index (χ2n) is 5.85. The van der Waals surface area contributed by atoms with Crippen LogP contribution in [-0.2, 0) is 16.1 Å². The summed E-state index contributed by atoms with van der Waals surface area (Å²) in [6.07, 6.45) is 2.53. The van der Waals surface area contributed by atoms with Crippen LogP contribution in [0.15, 0.2) is 30.3 Å². The van der Waals surface area contributed by atoms with Gasteiger partial charge in [0.05, 0.1) is 0 Å². The number of amides is 3. The fraction of sp³-hybridized carbons (Fsp3) is 0.471. The van der Waals surface area contributed by atoms with Crippen LogP contribution >= 0.6 is 12.4 Å².